The number of aromatic nitrogens is 2. The maximum Gasteiger partial charge on any atom is 0.343 e. The average Bonchev–Trinajstić information content (AvgIpc) is 2.61. The summed E-state index contributed by atoms with van der Waals surface area (Å²) >= 11 is 0. The zero-order valence-corrected chi connectivity index (χ0v) is 15.7. The molecular formula is C17H25N4O6+. The first kappa shape index (κ1) is 22.0. The fourth-order valence-electron chi connectivity index (χ4n) is 2.47. The van der Waals surface area contributed by atoms with E-state index in [1.54, 1.807) is 13.8 Å². The lowest BCUT2D eigenvalue weighted by Gasteiger charge is -2.29. The largest absolute Gasteiger partial charge is 0.464 e. The van der Waals surface area contributed by atoms with E-state index in [-0.39, 0.29) is 38.2 Å². The predicted molar refractivity (Wildman–Crippen MR) is 92.0 cm³/mol. The van der Waals surface area contributed by atoms with E-state index in [1.165, 1.54) is 30.1 Å². The van der Waals surface area contributed by atoms with Gasteiger partial charge in [-0.15, -0.1) is 0 Å². The zero-order valence-electron chi connectivity index (χ0n) is 15.7. The van der Waals surface area contributed by atoms with Crippen LogP contribution in [0, 0.1) is 0 Å². The molecule has 0 fully saturated rings. The number of carbonyl (C=O) groups excluding carboxylic acids is 4. The molecule has 1 rings (SSSR count). The van der Waals surface area contributed by atoms with E-state index < -0.39 is 29.3 Å². The Hall–Kier alpha value is -3.04. The number of primary amides is 1. The van der Waals surface area contributed by atoms with Gasteiger partial charge in [0.1, 0.15) is 5.56 Å². The Labute approximate surface area is 157 Å². The third-order valence-corrected chi connectivity index (χ3v) is 3.62. The van der Waals surface area contributed by atoms with E-state index in [0.29, 0.717) is 0 Å². The number of aryl methyl sites for hydroxylation is 1. The van der Waals surface area contributed by atoms with Crippen molar-refractivity contribution in [1.29, 1.82) is 0 Å². The number of hydrogen-bond donors (Lipinski definition) is 2. The average molecular weight is 381 g/mol. The molecule has 148 valence electrons. The van der Waals surface area contributed by atoms with Crippen molar-refractivity contribution >= 4 is 23.8 Å². The predicted octanol–water partition coefficient (Wildman–Crippen LogP) is -0.751. The number of amides is 2. The Balaban J connectivity index is 3.03. The number of rotatable bonds is 10. The molecule has 27 heavy (non-hydrogen) atoms. The van der Waals surface area contributed by atoms with Crippen molar-refractivity contribution < 1.29 is 33.3 Å². The summed E-state index contributed by atoms with van der Waals surface area (Å²) in [6, 6.07) is 1.47. The fraction of sp³-hybridized carbons (Fsp3) is 0.529. The summed E-state index contributed by atoms with van der Waals surface area (Å²) in [5.41, 5.74) is 3.56. The molecule has 0 aliphatic rings. The van der Waals surface area contributed by atoms with Crippen molar-refractivity contribution in [2.24, 2.45) is 5.73 Å². The van der Waals surface area contributed by atoms with Gasteiger partial charge in [-0.3, -0.25) is 9.59 Å². The molecule has 1 aromatic heterocycles. The van der Waals surface area contributed by atoms with E-state index in [2.05, 4.69) is 10.4 Å². The van der Waals surface area contributed by atoms with Crippen LogP contribution < -0.4 is 15.7 Å². The topological polar surface area (TPSA) is 142 Å². The van der Waals surface area contributed by atoms with Crippen molar-refractivity contribution in [2.75, 3.05) is 13.2 Å². The first-order valence-electron chi connectivity index (χ1n) is 8.55. The van der Waals surface area contributed by atoms with Crippen LogP contribution in [-0.4, -0.2) is 47.6 Å². The summed E-state index contributed by atoms with van der Waals surface area (Å²) < 4.78 is 11.4. The monoisotopic (exact) mass is 381 g/mol. The normalized spacial score (nSPS) is 10.8. The van der Waals surface area contributed by atoms with Crippen LogP contribution >= 0.6 is 0 Å². The Kier molecular flexibility index (Phi) is 8.31. The molecular weight excluding hydrogens is 356 g/mol. The third-order valence-electron chi connectivity index (χ3n) is 3.62. The van der Waals surface area contributed by atoms with E-state index in [0.717, 1.165) is 0 Å². The molecule has 0 bridgehead atoms. The number of nitrogens with zero attached hydrogens (tertiary/aromatic N) is 2. The molecule has 1 aromatic rings. The van der Waals surface area contributed by atoms with Crippen molar-refractivity contribution in [3.05, 3.63) is 24.0 Å². The standard InChI is InChI=1S/C17H24N4O6/c1-4-26-15(24)17(20-12(3)22,16(25)27-5-2)8-6-10-21-11-13(14(18)23)7-9-19-21/h7,9,11H,4-6,8,10H2,1-3H3,(H2-,18,20,22,23)/p+1. The molecule has 0 aliphatic carbocycles. The molecule has 3 N–H and O–H groups in total. The van der Waals surface area contributed by atoms with E-state index >= 15 is 0 Å². The van der Waals surface area contributed by atoms with Gasteiger partial charge in [-0.1, -0.05) is 4.68 Å². The quantitative estimate of drug-likeness (QED) is 0.308. The van der Waals surface area contributed by atoms with Crippen LogP contribution in [0.2, 0.25) is 0 Å². The molecule has 1 heterocycles. The zero-order chi connectivity index (χ0) is 20.4. The molecule has 0 unspecified atom stereocenters. The SMILES string of the molecule is CCOC(=O)C(CCC[n+]1cc(C(N)=O)ccn1)(NC(C)=O)C(=O)OCC. The molecule has 10 nitrogen and oxygen atoms in total. The number of nitrogens with two attached hydrogens (primary N) is 1. The summed E-state index contributed by atoms with van der Waals surface area (Å²) in [5.74, 6) is -2.95. The fourth-order valence-corrected chi connectivity index (χ4v) is 2.47. The second kappa shape index (κ2) is 10.2. The minimum Gasteiger partial charge on any atom is -0.464 e. The molecule has 0 aliphatic heterocycles. The van der Waals surface area contributed by atoms with Crippen molar-refractivity contribution in [3.8, 4) is 0 Å². The van der Waals surface area contributed by atoms with Gasteiger partial charge >= 0.3 is 11.9 Å². The third kappa shape index (κ3) is 6.01. The Morgan fingerprint density at radius 1 is 1.19 bits per heavy atom. The number of hydrogen-bond acceptors (Lipinski definition) is 7. The van der Waals surface area contributed by atoms with Crippen LogP contribution in [0.15, 0.2) is 18.5 Å². The van der Waals surface area contributed by atoms with Gasteiger partial charge in [-0.2, -0.15) is 0 Å². The first-order valence-corrected chi connectivity index (χ1v) is 8.55. The van der Waals surface area contributed by atoms with Crippen molar-refractivity contribution in [2.45, 2.75) is 45.7 Å². The summed E-state index contributed by atoms with van der Waals surface area (Å²) in [7, 11) is 0. The van der Waals surface area contributed by atoms with E-state index in [1.807, 2.05) is 0 Å². The second-order valence-corrected chi connectivity index (χ2v) is 5.67. The van der Waals surface area contributed by atoms with Crippen molar-refractivity contribution in [3.63, 3.8) is 0 Å². The Morgan fingerprint density at radius 3 is 2.26 bits per heavy atom. The summed E-state index contributed by atoms with van der Waals surface area (Å²) in [6.07, 6.45) is 3.06. The lowest BCUT2D eigenvalue weighted by Crippen LogP contribution is -2.61. The van der Waals surface area contributed by atoms with Crippen LogP contribution in [0.1, 0.15) is 44.0 Å². The molecule has 0 aromatic carbocycles. The van der Waals surface area contributed by atoms with Gasteiger partial charge in [0.25, 0.3) is 5.91 Å². The highest BCUT2D eigenvalue weighted by atomic mass is 16.6. The highest BCUT2D eigenvalue weighted by Gasteiger charge is 2.49. The van der Waals surface area contributed by atoms with Crippen LogP contribution in [-0.2, 0) is 30.4 Å². The van der Waals surface area contributed by atoms with Gasteiger partial charge in [0.05, 0.1) is 19.4 Å². The highest BCUT2D eigenvalue weighted by molar-refractivity contribution is 6.07. The van der Waals surface area contributed by atoms with Crippen LogP contribution in [0.3, 0.4) is 0 Å². The van der Waals surface area contributed by atoms with Crippen LogP contribution in [0.4, 0.5) is 0 Å². The summed E-state index contributed by atoms with van der Waals surface area (Å²) in [6.45, 7) is 4.72. The molecule has 0 saturated heterocycles. The molecule has 0 saturated carbocycles. The van der Waals surface area contributed by atoms with Gasteiger partial charge in [0, 0.05) is 13.3 Å². The first-order chi connectivity index (χ1) is 12.8. The van der Waals surface area contributed by atoms with Gasteiger partial charge in [-0.05, 0) is 31.4 Å². The van der Waals surface area contributed by atoms with Gasteiger partial charge < -0.3 is 20.5 Å². The Bertz CT molecular complexity index is 688. The highest BCUT2D eigenvalue weighted by Crippen LogP contribution is 2.18. The minimum atomic E-state index is -1.94. The lowest BCUT2D eigenvalue weighted by molar-refractivity contribution is -0.754. The summed E-state index contributed by atoms with van der Waals surface area (Å²) in [5, 5.41) is 6.44. The lowest BCUT2D eigenvalue weighted by atomic mass is 9.93. The molecule has 2 amide bonds. The van der Waals surface area contributed by atoms with Crippen molar-refractivity contribution in [1.82, 2.24) is 10.4 Å². The van der Waals surface area contributed by atoms with Crippen LogP contribution in [0.25, 0.3) is 0 Å². The molecule has 0 radical (unpaired) electrons. The van der Waals surface area contributed by atoms with E-state index in [4.69, 9.17) is 15.2 Å². The number of nitrogens with one attached hydrogen (secondary N) is 1. The maximum atomic E-state index is 12.5. The van der Waals surface area contributed by atoms with E-state index in [9.17, 15) is 19.2 Å². The second-order valence-electron chi connectivity index (χ2n) is 5.67. The number of carbonyl (C=O) groups is 4. The maximum absolute atomic E-state index is 12.5. The molecule has 0 spiro atoms. The Morgan fingerprint density at radius 2 is 1.78 bits per heavy atom. The van der Waals surface area contributed by atoms with Gasteiger partial charge in [-0.25, -0.2) is 9.59 Å². The van der Waals surface area contributed by atoms with Gasteiger partial charge in [0.2, 0.25) is 17.6 Å². The number of ether oxygens (including phenoxy) is 2. The minimum absolute atomic E-state index is 0.0382. The smallest absolute Gasteiger partial charge is 0.343 e. The number of esters is 2. The molecule has 10 heteroatoms. The summed E-state index contributed by atoms with van der Waals surface area (Å²) in [4.78, 5) is 47.8. The molecule has 0 atom stereocenters. The van der Waals surface area contributed by atoms with Gasteiger partial charge in [0.15, 0.2) is 6.54 Å². The van der Waals surface area contributed by atoms with Crippen LogP contribution in [0.5, 0.6) is 0 Å².